The highest BCUT2D eigenvalue weighted by molar-refractivity contribution is 6.07. The van der Waals surface area contributed by atoms with Crippen LogP contribution in [-0.4, -0.2) is 5.97 Å². The van der Waals surface area contributed by atoms with Crippen LogP contribution in [0.2, 0.25) is 0 Å². The van der Waals surface area contributed by atoms with Crippen molar-refractivity contribution in [2.24, 2.45) is 0 Å². The van der Waals surface area contributed by atoms with Gasteiger partial charge in [0.1, 0.15) is 29.5 Å². The third-order valence-corrected chi connectivity index (χ3v) is 4.22. The maximum absolute atomic E-state index is 13.0. The molecule has 4 aromatic rings. The second-order valence-corrected chi connectivity index (χ2v) is 6.03. The van der Waals surface area contributed by atoms with Crippen LogP contribution in [0.3, 0.4) is 0 Å². The molecule has 0 fully saturated rings. The van der Waals surface area contributed by atoms with Crippen molar-refractivity contribution >= 4 is 16.9 Å². The molecule has 3 aromatic carbocycles. The van der Waals surface area contributed by atoms with Crippen LogP contribution in [0.4, 0.5) is 4.39 Å². The molecule has 4 nitrogen and oxygen atoms in total. The van der Waals surface area contributed by atoms with Crippen LogP contribution in [0, 0.1) is 5.82 Å². The van der Waals surface area contributed by atoms with E-state index in [4.69, 9.17) is 9.15 Å². The van der Waals surface area contributed by atoms with Crippen LogP contribution < -0.4 is 9.84 Å². The van der Waals surface area contributed by atoms with E-state index in [0.29, 0.717) is 22.3 Å². The van der Waals surface area contributed by atoms with Crippen molar-refractivity contribution in [3.05, 3.63) is 89.7 Å². The van der Waals surface area contributed by atoms with Gasteiger partial charge in [-0.05, 0) is 35.9 Å². The van der Waals surface area contributed by atoms with Gasteiger partial charge >= 0.3 is 0 Å². The smallest absolute Gasteiger partial charge is 0.144 e. The van der Waals surface area contributed by atoms with Gasteiger partial charge in [0, 0.05) is 10.9 Å². The van der Waals surface area contributed by atoms with Gasteiger partial charge < -0.3 is 19.1 Å². The Morgan fingerprint density at radius 3 is 2.44 bits per heavy atom. The number of furan rings is 1. The summed E-state index contributed by atoms with van der Waals surface area (Å²) in [5.41, 5.74) is 1.88. The molecule has 0 aliphatic heterocycles. The molecule has 27 heavy (non-hydrogen) atoms. The standard InChI is InChI=1S/C22H15FO4/c23-16-8-6-14(7-9-16)13-26-17-10-11-19-18(12-17)20(22(24)25)21(27-19)15-4-2-1-3-5-15/h1-12H,13H2,(H,24,25)/p-1. The zero-order chi connectivity index (χ0) is 18.8. The second kappa shape index (κ2) is 6.96. The second-order valence-electron chi connectivity index (χ2n) is 6.03. The van der Waals surface area contributed by atoms with Crippen LogP contribution in [0.5, 0.6) is 5.75 Å². The van der Waals surface area contributed by atoms with E-state index in [2.05, 4.69) is 0 Å². The van der Waals surface area contributed by atoms with E-state index in [9.17, 15) is 14.3 Å². The predicted octanol–water partition coefficient (Wildman–Crippen LogP) is 4.18. The lowest BCUT2D eigenvalue weighted by molar-refractivity contribution is -0.254. The molecule has 0 aliphatic rings. The predicted molar refractivity (Wildman–Crippen MR) is 96.7 cm³/mol. The Hall–Kier alpha value is -3.60. The fourth-order valence-electron chi connectivity index (χ4n) is 2.91. The number of rotatable bonds is 5. The first kappa shape index (κ1) is 16.8. The fraction of sp³-hybridized carbons (Fsp3) is 0.0455. The fourth-order valence-corrected chi connectivity index (χ4v) is 2.91. The van der Waals surface area contributed by atoms with Crippen molar-refractivity contribution in [2.45, 2.75) is 6.61 Å². The first-order chi connectivity index (χ1) is 13.1. The highest BCUT2D eigenvalue weighted by atomic mass is 19.1. The number of carboxylic acids is 1. The first-order valence-corrected chi connectivity index (χ1v) is 8.32. The molecule has 4 rings (SSSR count). The summed E-state index contributed by atoms with van der Waals surface area (Å²) >= 11 is 0. The van der Waals surface area contributed by atoms with E-state index in [1.165, 1.54) is 12.1 Å². The summed E-state index contributed by atoms with van der Waals surface area (Å²) in [6.45, 7) is 0.232. The molecule has 0 unspecified atom stereocenters. The maximum atomic E-state index is 13.0. The Bertz CT molecular complexity index is 1100. The quantitative estimate of drug-likeness (QED) is 0.535. The van der Waals surface area contributed by atoms with Crippen LogP contribution in [0.15, 0.2) is 77.2 Å². The molecule has 134 valence electrons. The van der Waals surface area contributed by atoms with E-state index < -0.39 is 5.97 Å². The van der Waals surface area contributed by atoms with Gasteiger partial charge in [0.15, 0.2) is 0 Å². The van der Waals surface area contributed by atoms with Crippen molar-refractivity contribution in [3.8, 4) is 17.1 Å². The molecule has 0 N–H and O–H groups in total. The van der Waals surface area contributed by atoms with Gasteiger partial charge in [-0.3, -0.25) is 0 Å². The Balaban J connectivity index is 1.70. The zero-order valence-electron chi connectivity index (χ0n) is 14.1. The van der Waals surface area contributed by atoms with Crippen molar-refractivity contribution in [2.75, 3.05) is 0 Å². The molecule has 0 atom stereocenters. The molecule has 1 heterocycles. The van der Waals surface area contributed by atoms with Crippen LogP contribution in [0.25, 0.3) is 22.3 Å². The minimum atomic E-state index is -1.32. The number of carboxylic acid groups (broad SMARTS) is 1. The lowest BCUT2D eigenvalue weighted by atomic mass is 10.1. The van der Waals surface area contributed by atoms with Gasteiger partial charge in [-0.15, -0.1) is 0 Å². The molecule has 0 spiro atoms. The molecule has 5 heteroatoms. The highest BCUT2D eigenvalue weighted by Crippen LogP contribution is 2.35. The zero-order valence-corrected chi connectivity index (χ0v) is 14.1. The van der Waals surface area contributed by atoms with Crippen molar-refractivity contribution < 1.29 is 23.4 Å². The summed E-state index contributed by atoms with van der Waals surface area (Å²) in [7, 11) is 0. The van der Waals surface area contributed by atoms with Gasteiger partial charge in [0.25, 0.3) is 0 Å². The largest absolute Gasteiger partial charge is 0.545 e. The van der Waals surface area contributed by atoms with Crippen LogP contribution in [0.1, 0.15) is 15.9 Å². The number of aromatic carboxylic acids is 1. The third-order valence-electron chi connectivity index (χ3n) is 4.22. The Morgan fingerprint density at radius 2 is 1.74 bits per heavy atom. The van der Waals surface area contributed by atoms with Crippen molar-refractivity contribution in [1.29, 1.82) is 0 Å². The molecular weight excluding hydrogens is 347 g/mol. The maximum Gasteiger partial charge on any atom is 0.144 e. The Kier molecular flexibility index (Phi) is 4.34. The van der Waals surface area contributed by atoms with Gasteiger partial charge in [0.2, 0.25) is 0 Å². The van der Waals surface area contributed by atoms with Gasteiger partial charge in [0.05, 0.1) is 11.5 Å². The average Bonchev–Trinajstić information content (AvgIpc) is 3.07. The summed E-state index contributed by atoms with van der Waals surface area (Å²) < 4.78 is 24.4. The molecule has 0 saturated heterocycles. The van der Waals surface area contributed by atoms with Crippen molar-refractivity contribution in [1.82, 2.24) is 0 Å². The minimum absolute atomic E-state index is 0.0107. The third kappa shape index (κ3) is 3.40. The van der Waals surface area contributed by atoms with E-state index in [-0.39, 0.29) is 23.7 Å². The molecule has 0 saturated carbocycles. The Labute approximate surface area is 154 Å². The lowest BCUT2D eigenvalue weighted by Crippen LogP contribution is -2.22. The molecule has 0 amide bonds. The van der Waals surface area contributed by atoms with E-state index in [0.717, 1.165) is 5.56 Å². The summed E-state index contributed by atoms with van der Waals surface area (Å²) in [6.07, 6.45) is 0. The van der Waals surface area contributed by atoms with Crippen molar-refractivity contribution in [3.63, 3.8) is 0 Å². The minimum Gasteiger partial charge on any atom is -0.545 e. The summed E-state index contributed by atoms with van der Waals surface area (Å²) in [5, 5.41) is 12.2. The topological polar surface area (TPSA) is 62.5 Å². The molecule has 0 radical (unpaired) electrons. The summed E-state index contributed by atoms with van der Waals surface area (Å²) in [6, 6.07) is 19.9. The number of carbonyl (C=O) groups is 1. The molecular formula is C22H14FO4-. The average molecular weight is 361 g/mol. The van der Waals surface area contributed by atoms with Crippen LogP contribution in [-0.2, 0) is 6.61 Å². The SMILES string of the molecule is O=C([O-])c1c(-c2ccccc2)oc2ccc(OCc3ccc(F)cc3)cc12. The van der Waals surface area contributed by atoms with Crippen LogP contribution >= 0.6 is 0 Å². The number of fused-ring (bicyclic) bond motifs is 1. The number of carbonyl (C=O) groups excluding carboxylic acids is 1. The molecule has 0 aliphatic carbocycles. The van der Waals surface area contributed by atoms with E-state index in [1.54, 1.807) is 54.6 Å². The number of hydrogen-bond acceptors (Lipinski definition) is 4. The summed E-state index contributed by atoms with van der Waals surface area (Å²) in [4.78, 5) is 11.7. The normalized spacial score (nSPS) is 10.9. The lowest BCUT2D eigenvalue weighted by Gasteiger charge is -2.07. The number of benzene rings is 3. The summed E-state index contributed by atoms with van der Waals surface area (Å²) in [5.74, 6) is -0.898. The number of halogens is 1. The Morgan fingerprint density at radius 1 is 1.00 bits per heavy atom. The number of ether oxygens (including phenoxy) is 1. The molecule has 1 aromatic heterocycles. The monoisotopic (exact) mass is 361 g/mol. The number of hydrogen-bond donors (Lipinski definition) is 0. The highest BCUT2D eigenvalue weighted by Gasteiger charge is 2.17. The van der Waals surface area contributed by atoms with E-state index in [1.807, 2.05) is 6.07 Å². The van der Waals surface area contributed by atoms with Gasteiger partial charge in [-0.2, -0.15) is 0 Å². The molecule has 0 bridgehead atoms. The van der Waals surface area contributed by atoms with Gasteiger partial charge in [-0.25, -0.2) is 4.39 Å². The van der Waals surface area contributed by atoms with E-state index >= 15 is 0 Å². The van der Waals surface area contributed by atoms with Gasteiger partial charge in [-0.1, -0.05) is 42.5 Å². The first-order valence-electron chi connectivity index (χ1n) is 8.32.